The molecule has 1 aliphatic heterocycles. The van der Waals surface area contributed by atoms with E-state index in [-0.39, 0.29) is 24.0 Å². The van der Waals surface area contributed by atoms with Gasteiger partial charge < -0.3 is 25.2 Å². The predicted molar refractivity (Wildman–Crippen MR) is 119 cm³/mol. The highest BCUT2D eigenvalue weighted by atomic mass is 127. The van der Waals surface area contributed by atoms with Crippen LogP contribution in [0.1, 0.15) is 19.4 Å². The smallest absolute Gasteiger partial charge is 0.191 e. The second kappa shape index (κ2) is 13.1. The summed E-state index contributed by atoms with van der Waals surface area (Å²) in [6, 6.07) is 4.19. The molecular formula is C18H33IN6O. The van der Waals surface area contributed by atoms with Crippen molar-refractivity contribution < 1.29 is 4.74 Å². The number of ether oxygens (including phenoxy) is 1. The van der Waals surface area contributed by atoms with Crippen molar-refractivity contribution in [1.82, 2.24) is 20.5 Å². The average molecular weight is 476 g/mol. The Balaban J connectivity index is 0.00000338. The molecule has 0 aliphatic carbocycles. The van der Waals surface area contributed by atoms with E-state index in [2.05, 4.69) is 50.4 Å². The van der Waals surface area contributed by atoms with Crippen LogP contribution in [-0.2, 0) is 11.3 Å². The molecule has 2 heterocycles. The monoisotopic (exact) mass is 476 g/mol. The molecule has 1 aliphatic rings. The van der Waals surface area contributed by atoms with Gasteiger partial charge in [-0.15, -0.1) is 24.0 Å². The summed E-state index contributed by atoms with van der Waals surface area (Å²) >= 11 is 0. The lowest BCUT2D eigenvalue weighted by Crippen LogP contribution is -2.44. The number of nitrogens with one attached hydrogen (secondary N) is 2. The van der Waals surface area contributed by atoms with E-state index in [9.17, 15) is 0 Å². The third-order valence-electron chi connectivity index (χ3n) is 4.14. The van der Waals surface area contributed by atoms with Gasteiger partial charge in [-0.2, -0.15) is 0 Å². The summed E-state index contributed by atoms with van der Waals surface area (Å²) in [5, 5.41) is 6.56. The van der Waals surface area contributed by atoms with Gasteiger partial charge in [0, 0.05) is 52.1 Å². The van der Waals surface area contributed by atoms with Crippen LogP contribution in [-0.4, -0.2) is 75.4 Å². The molecule has 1 aromatic rings. The van der Waals surface area contributed by atoms with Gasteiger partial charge in [0.2, 0.25) is 0 Å². The Morgan fingerprint density at radius 1 is 1.23 bits per heavy atom. The average Bonchev–Trinajstić information content (AvgIpc) is 2.64. The van der Waals surface area contributed by atoms with E-state index in [0.29, 0.717) is 13.2 Å². The maximum atomic E-state index is 5.35. The van der Waals surface area contributed by atoms with Crippen molar-refractivity contribution in [2.75, 3.05) is 64.4 Å². The van der Waals surface area contributed by atoms with Gasteiger partial charge in [-0.05, 0) is 38.6 Å². The molecule has 0 saturated carbocycles. The van der Waals surface area contributed by atoms with Crippen LogP contribution in [0, 0.1) is 0 Å². The van der Waals surface area contributed by atoms with Crippen molar-refractivity contribution in [3.8, 4) is 0 Å². The fourth-order valence-corrected chi connectivity index (χ4v) is 2.67. The predicted octanol–water partition coefficient (Wildman–Crippen LogP) is 1.54. The number of hydrogen-bond donors (Lipinski definition) is 2. The van der Waals surface area contributed by atoms with Gasteiger partial charge >= 0.3 is 0 Å². The van der Waals surface area contributed by atoms with E-state index in [1.54, 1.807) is 0 Å². The first-order valence-electron chi connectivity index (χ1n) is 9.21. The Morgan fingerprint density at radius 2 is 2.00 bits per heavy atom. The first-order valence-corrected chi connectivity index (χ1v) is 9.21. The molecule has 8 heteroatoms. The van der Waals surface area contributed by atoms with E-state index >= 15 is 0 Å². The summed E-state index contributed by atoms with van der Waals surface area (Å²) in [4.78, 5) is 13.9. The number of nitrogens with zero attached hydrogens (tertiary/aromatic N) is 4. The summed E-state index contributed by atoms with van der Waals surface area (Å²) in [5.74, 6) is 1.87. The van der Waals surface area contributed by atoms with Crippen LogP contribution in [0.25, 0.3) is 0 Å². The Morgan fingerprint density at radius 3 is 2.69 bits per heavy atom. The van der Waals surface area contributed by atoms with Gasteiger partial charge in [-0.1, -0.05) is 0 Å². The highest BCUT2D eigenvalue weighted by molar-refractivity contribution is 14.0. The van der Waals surface area contributed by atoms with E-state index in [0.717, 1.165) is 57.7 Å². The van der Waals surface area contributed by atoms with Crippen molar-refractivity contribution >= 4 is 35.8 Å². The van der Waals surface area contributed by atoms with Gasteiger partial charge in [-0.25, -0.2) is 9.98 Å². The number of halogens is 1. The molecule has 0 amide bonds. The van der Waals surface area contributed by atoms with Crippen LogP contribution in [0.3, 0.4) is 0 Å². The summed E-state index contributed by atoms with van der Waals surface area (Å²) < 4.78 is 5.35. The Hall–Kier alpha value is -1.13. The molecule has 1 saturated heterocycles. The zero-order valence-electron chi connectivity index (χ0n) is 16.2. The Labute approximate surface area is 174 Å². The van der Waals surface area contributed by atoms with E-state index in [1.807, 2.05) is 19.2 Å². The van der Waals surface area contributed by atoms with Crippen molar-refractivity contribution in [2.45, 2.75) is 20.4 Å². The molecule has 1 aromatic heterocycles. The third kappa shape index (κ3) is 8.05. The quantitative estimate of drug-likeness (QED) is 0.257. The zero-order chi connectivity index (χ0) is 17.9. The van der Waals surface area contributed by atoms with Gasteiger partial charge in [0.15, 0.2) is 5.96 Å². The van der Waals surface area contributed by atoms with Crippen LogP contribution in [0.5, 0.6) is 0 Å². The maximum Gasteiger partial charge on any atom is 0.191 e. The minimum Gasteiger partial charge on any atom is -0.380 e. The van der Waals surface area contributed by atoms with Crippen molar-refractivity contribution in [3.63, 3.8) is 0 Å². The molecule has 0 aromatic carbocycles. The number of pyridine rings is 1. The summed E-state index contributed by atoms with van der Waals surface area (Å²) in [6.45, 7) is 11.9. The Kier molecular flexibility index (Phi) is 11.5. The molecule has 0 spiro atoms. The molecule has 148 valence electrons. The summed E-state index contributed by atoms with van der Waals surface area (Å²) in [5.41, 5.74) is 1.17. The summed E-state index contributed by atoms with van der Waals surface area (Å²) in [7, 11) is 2.16. The van der Waals surface area contributed by atoms with Gasteiger partial charge in [0.25, 0.3) is 0 Å². The lowest BCUT2D eigenvalue weighted by atomic mass is 10.2. The van der Waals surface area contributed by atoms with E-state index < -0.39 is 0 Å². The van der Waals surface area contributed by atoms with E-state index in [4.69, 9.17) is 4.74 Å². The minimum absolute atomic E-state index is 0. The van der Waals surface area contributed by atoms with Crippen LogP contribution in [0.15, 0.2) is 23.3 Å². The largest absolute Gasteiger partial charge is 0.380 e. The molecule has 0 atom stereocenters. The number of rotatable bonds is 8. The molecule has 0 radical (unpaired) electrons. The first-order chi connectivity index (χ1) is 12.2. The standard InChI is InChI=1S/C18H32N6O.HI/c1-4-19-18(21-8-13-25-5-2)22-15-16-6-7-20-17(14-16)24-11-9-23(3)10-12-24;/h6-7,14H,4-5,8-13,15H2,1-3H3,(H2,19,21,22);1H. The molecule has 1 fully saturated rings. The maximum absolute atomic E-state index is 5.35. The third-order valence-corrected chi connectivity index (χ3v) is 4.14. The highest BCUT2D eigenvalue weighted by Gasteiger charge is 2.15. The topological polar surface area (TPSA) is 65.0 Å². The second-order valence-electron chi connectivity index (χ2n) is 6.13. The second-order valence-corrected chi connectivity index (χ2v) is 6.13. The molecule has 26 heavy (non-hydrogen) atoms. The van der Waals surface area contributed by atoms with Crippen LogP contribution in [0.2, 0.25) is 0 Å². The van der Waals surface area contributed by atoms with Gasteiger partial charge in [-0.3, -0.25) is 0 Å². The molecular weight excluding hydrogens is 443 g/mol. The number of hydrogen-bond acceptors (Lipinski definition) is 5. The molecule has 2 N–H and O–H groups in total. The number of aromatic nitrogens is 1. The highest BCUT2D eigenvalue weighted by Crippen LogP contribution is 2.15. The first kappa shape index (κ1) is 22.9. The lowest BCUT2D eigenvalue weighted by Gasteiger charge is -2.33. The van der Waals surface area contributed by atoms with Gasteiger partial charge in [0.05, 0.1) is 13.2 Å². The van der Waals surface area contributed by atoms with Gasteiger partial charge in [0.1, 0.15) is 5.82 Å². The SMILES string of the molecule is CCNC(=NCc1ccnc(N2CCN(C)CC2)c1)NCCOCC.I. The van der Waals surface area contributed by atoms with E-state index in [1.165, 1.54) is 5.56 Å². The fraction of sp³-hybridized carbons (Fsp3) is 0.667. The molecule has 0 unspecified atom stereocenters. The normalized spacial score (nSPS) is 15.5. The zero-order valence-corrected chi connectivity index (χ0v) is 18.5. The van der Waals surface area contributed by atoms with Crippen LogP contribution in [0.4, 0.5) is 5.82 Å². The number of anilines is 1. The fourth-order valence-electron chi connectivity index (χ4n) is 2.67. The number of aliphatic imine (C=N–C) groups is 1. The molecule has 0 bridgehead atoms. The van der Waals surface area contributed by atoms with Crippen molar-refractivity contribution in [3.05, 3.63) is 23.9 Å². The molecule has 7 nitrogen and oxygen atoms in total. The van der Waals surface area contributed by atoms with Crippen LogP contribution < -0.4 is 15.5 Å². The van der Waals surface area contributed by atoms with Crippen molar-refractivity contribution in [2.24, 2.45) is 4.99 Å². The Bertz CT molecular complexity index is 534. The molecule has 2 rings (SSSR count). The van der Waals surface area contributed by atoms with Crippen LogP contribution >= 0.6 is 24.0 Å². The number of piperazine rings is 1. The number of likely N-dealkylation sites (N-methyl/N-ethyl adjacent to an activating group) is 1. The minimum atomic E-state index is 0. The lowest BCUT2D eigenvalue weighted by molar-refractivity contribution is 0.152. The number of guanidine groups is 1. The summed E-state index contributed by atoms with van der Waals surface area (Å²) in [6.07, 6.45) is 1.88. The van der Waals surface area contributed by atoms with Crippen molar-refractivity contribution in [1.29, 1.82) is 0 Å².